The van der Waals surface area contributed by atoms with Crippen LogP contribution in [0.4, 0.5) is 5.95 Å². The van der Waals surface area contributed by atoms with Gasteiger partial charge in [-0.2, -0.15) is 15.2 Å². The zero-order chi connectivity index (χ0) is 15.0. The van der Waals surface area contributed by atoms with Crippen molar-refractivity contribution in [1.29, 1.82) is 0 Å². The molecule has 0 unspecified atom stereocenters. The maximum absolute atomic E-state index is 12.3. The van der Waals surface area contributed by atoms with E-state index in [-0.39, 0.29) is 5.97 Å². The van der Waals surface area contributed by atoms with Crippen molar-refractivity contribution in [3.8, 4) is 0 Å². The Bertz CT molecular complexity index is 714. The molecule has 0 bridgehead atoms. The Kier molecular flexibility index (Phi) is 3.20. The lowest BCUT2D eigenvalue weighted by atomic mass is 10.0. The van der Waals surface area contributed by atoms with Gasteiger partial charge in [0.2, 0.25) is 5.95 Å². The second-order valence-corrected chi connectivity index (χ2v) is 4.69. The SMILES string of the molecule is CCOC(=O)C1=C(C)Nc2ncnn2[C@@H]1c1ccnn1C. The van der Waals surface area contributed by atoms with Gasteiger partial charge in [0.25, 0.3) is 0 Å². The molecule has 3 heterocycles. The van der Waals surface area contributed by atoms with Crippen LogP contribution in [0.25, 0.3) is 0 Å². The first kappa shape index (κ1) is 13.3. The molecule has 1 N–H and O–H groups in total. The van der Waals surface area contributed by atoms with Gasteiger partial charge in [-0.15, -0.1) is 0 Å². The molecule has 0 aromatic carbocycles. The molecule has 21 heavy (non-hydrogen) atoms. The molecule has 0 radical (unpaired) electrons. The number of allylic oxidation sites excluding steroid dienone is 1. The number of rotatable bonds is 3. The van der Waals surface area contributed by atoms with Crippen LogP contribution in [-0.2, 0) is 16.6 Å². The van der Waals surface area contributed by atoms with E-state index in [0.29, 0.717) is 23.8 Å². The van der Waals surface area contributed by atoms with Gasteiger partial charge in [-0.05, 0) is 19.9 Å². The van der Waals surface area contributed by atoms with Crippen molar-refractivity contribution in [3.05, 3.63) is 35.6 Å². The Hall–Kier alpha value is -2.64. The van der Waals surface area contributed by atoms with E-state index in [4.69, 9.17) is 4.74 Å². The van der Waals surface area contributed by atoms with Crippen molar-refractivity contribution < 1.29 is 9.53 Å². The molecule has 2 aromatic heterocycles. The first-order chi connectivity index (χ1) is 10.1. The molecule has 0 amide bonds. The van der Waals surface area contributed by atoms with Crippen LogP contribution >= 0.6 is 0 Å². The van der Waals surface area contributed by atoms with Crippen molar-refractivity contribution in [2.24, 2.45) is 7.05 Å². The van der Waals surface area contributed by atoms with Gasteiger partial charge in [0, 0.05) is 18.9 Å². The molecule has 0 aliphatic carbocycles. The molecule has 1 atom stereocenters. The second-order valence-electron chi connectivity index (χ2n) is 4.69. The predicted molar refractivity (Wildman–Crippen MR) is 74.3 cm³/mol. The van der Waals surface area contributed by atoms with E-state index < -0.39 is 6.04 Å². The molecule has 0 fully saturated rings. The number of esters is 1. The van der Waals surface area contributed by atoms with Crippen LogP contribution < -0.4 is 5.32 Å². The van der Waals surface area contributed by atoms with E-state index in [0.717, 1.165) is 5.69 Å². The molecule has 8 heteroatoms. The number of hydrogen-bond acceptors (Lipinski definition) is 6. The van der Waals surface area contributed by atoms with Crippen molar-refractivity contribution in [1.82, 2.24) is 24.5 Å². The number of nitrogens with one attached hydrogen (secondary N) is 1. The maximum atomic E-state index is 12.3. The van der Waals surface area contributed by atoms with Crippen LogP contribution in [0.2, 0.25) is 0 Å². The third kappa shape index (κ3) is 2.08. The fourth-order valence-corrected chi connectivity index (χ4v) is 2.49. The van der Waals surface area contributed by atoms with E-state index >= 15 is 0 Å². The van der Waals surface area contributed by atoms with Gasteiger partial charge >= 0.3 is 5.97 Å². The van der Waals surface area contributed by atoms with Gasteiger partial charge in [0.05, 0.1) is 17.9 Å². The average molecular weight is 288 g/mol. The first-order valence-electron chi connectivity index (χ1n) is 6.65. The fourth-order valence-electron chi connectivity index (χ4n) is 2.49. The van der Waals surface area contributed by atoms with Crippen LogP contribution in [0.1, 0.15) is 25.6 Å². The van der Waals surface area contributed by atoms with Crippen LogP contribution in [0, 0.1) is 0 Å². The Labute approximate surface area is 121 Å². The molecular formula is C13H16N6O2. The van der Waals surface area contributed by atoms with Crippen molar-refractivity contribution >= 4 is 11.9 Å². The van der Waals surface area contributed by atoms with Crippen molar-refractivity contribution in [2.45, 2.75) is 19.9 Å². The highest BCUT2D eigenvalue weighted by atomic mass is 16.5. The summed E-state index contributed by atoms with van der Waals surface area (Å²) in [5.41, 5.74) is 2.06. The topological polar surface area (TPSA) is 86.9 Å². The van der Waals surface area contributed by atoms with Gasteiger partial charge in [-0.25, -0.2) is 9.48 Å². The fraction of sp³-hybridized carbons (Fsp3) is 0.385. The smallest absolute Gasteiger partial charge is 0.338 e. The van der Waals surface area contributed by atoms with E-state index in [1.165, 1.54) is 6.33 Å². The van der Waals surface area contributed by atoms with Crippen LogP contribution in [0.15, 0.2) is 29.9 Å². The first-order valence-corrected chi connectivity index (χ1v) is 6.65. The number of aryl methyl sites for hydroxylation is 1. The zero-order valence-electron chi connectivity index (χ0n) is 12.1. The van der Waals surface area contributed by atoms with Gasteiger partial charge in [-0.3, -0.25) is 4.68 Å². The number of fused-ring (bicyclic) bond motifs is 1. The van der Waals surface area contributed by atoms with Gasteiger partial charge in [-0.1, -0.05) is 0 Å². The number of nitrogens with zero attached hydrogens (tertiary/aromatic N) is 5. The summed E-state index contributed by atoms with van der Waals surface area (Å²) in [6.45, 7) is 3.93. The van der Waals surface area contributed by atoms with Gasteiger partial charge in [0.1, 0.15) is 12.4 Å². The molecule has 1 aliphatic heterocycles. The number of hydrogen-bond donors (Lipinski definition) is 1. The molecule has 3 rings (SSSR count). The number of carbonyl (C=O) groups is 1. The number of aromatic nitrogens is 5. The average Bonchev–Trinajstić information content (AvgIpc) is 3.06. The standard InChI is InChI=1S/C13H16N6O2/c1-4-21-12(20)10-8(2)17-13-14-7-16-19(13)11(10)9-5-6-15-18(9)3/h5-7,11H,4H2,1-3H3,(H,14,16,17)/t11-/m1/s1. The third-order valence-electron chi connectivity index (χ3n) is 3.43. The molecular weight excluding hydrogens is 272 g/mol. The highest BCUT2D eigenvalue weighted by Crippen LogP contribution is 2.34. The Morgan fingerprint density at radius 1 is 1.48 bits per heavy atom. The highest BCUT2D eigenvalue weighted by Gasteiger charge is 2.35. The Morgan fingerprint density at radius 3 is 2.95 bits per heavy atom. The minimum atomic E-state index is -0.407. The third-order valence-corrected chi connectivity index (χ3v) is 3.43. The van der Waals surface area contributed by atoms with Crippen LogP contribution in [0.5, 0.6) is 0 Å². The predicted octanol–water partition coefficient (Wildman–Crippen LogP) is 0.864. The van der Waals surface area contributed by atoms with Gasteiger partial charge in [0.15, 0.2) is 0 Å². The molecule has 0 spiro atoms. The minimum absolute atomic E-state index is 0.317. The minimum Gasteiger partial charge on any atom is -0.463 e. The van der Waals surface area contributed by atoms with Gasteiger partial charge < -0.3 is 10.1 Å². The van der Waals surface area contributed by atoms with Crippen LogP contribution in [0.3, 0.4) is 0 Å². The molecule has 1 aliphatic rings. The molecule has 0 saturated heterocycles. The maximum Gasteiger partial charge on any atom is 0.338 e. The lowest BCUT2D eigenvalue weighted by Gasteiger charge is -2.27. The normalized spacial score (nSPS) is 17.4. The van der Waals surface area contributed by atoms with E-state index in [1.54, 1.807) is 22.5 Å². The largest absolute Gasteiger partial charge is 0.463 e. The van der Waals surface area contributed by atoms with E-state index in [1.807, 2.05) is 20.0 Å². The number of anilines is 1. The monoisotopic (exact) mass is 288 g/mol. The lowest BCUT2D eigenvalue weighted by molar-refractivity contribution is -0.139. The number of carbonyl (C=O) groups excluding carboxylic acids is 1. The summed E-state index contributed by atoms with van der Waals surface area (Å²) in [6.07, 6.45) is 3.14. The van der Waals surface area contributed by atoms with E-state index in [2.05, 4.69) is 20.5 Å². The Morgan fingerprint density at radius 2 is 2.29 bits per heavy atom. The Balaban J connectivity index is 2.16. The zero-order valence-corrected chi connectivity index (χ0v) is 12.1. The van der Waals surface area contributed by atoms with E-state index in [9.17, 15) is 4.79 Å². The molecule has 0 saturated carbocycles. The molecule has 8 nitrogen and oxygen atoms in total. The summed E-state index contributed by atoms with van der Waals surface area (Å²) < 4.78 is 8.56. The molecule has 2 aromatic rings. The summed E-state index contributed by atoms with van der Waals surface area (Å²) >= 11 is 0. The van der Waals surface area contributed by atoms with Crippen molar-refractivity contribution in [3.63, 3.8) is 0 Å². The summed E-state index contributed by atoms with van der Waals surface area (Å²) in [6, 6.07) is 1.45. The van der Waals surface area contributed by atoms with Crippen LogP contribution in [-0.4, -0.2) is 37.1 Å². The summed E-state index contributed by atoms with van der Waals surface area (Å²) in [5, 5.41) is 11.5. The lowest BCUT2D eigenvalue weighted by Crippen LogP contribution is -2.30. The summed E-state index contributed by atoms with van der Waals surface area (Å²) in [7, 11) is 1.83. The highest BCUT2D eigenvalue weighted by molar-refractivity contribution is 5.92. The quantitative estimate of drug-likeness (QED) is 0.843. The van der Waals surface area contributed by atoms with Crippen molar-refractivity contribution in [2.75, 3.05) is 11.9 Å². The summed E-state index contributed by atoms with van der Waals surface area (Å²) in [5.74, 6) is 0.224. The molecule has 110 valence electrons. The number of ether oxygens (including phenoxy) is 1. The summed E-state index contributed by atoms with van der Waals surface area (Å²) in [4.78, 5) is 16.5. The second kappa shape index (κ2) is 5.04.